The molecule has 0 radical (unpaired) electrons. The van der Waals surface area contributed by atoms with Crippen LogP contribution in [0, 0.1) is 0 Å². The van der Waals surface area contributed by atoms with Crippen LogP contribution in [0.1, 0.15) is 15.9 Å². The SMILES string of the molecule is COCc1cccc(C(=O)Nc2ccccc2Oc2ccccc2)c1. The van der Waals surface area contributed by atoms with E-state index in [4.69, 9.17) is 9.47 Å². The standard InChI is InChI=1S/C21H19NO3/c1-24-15-16-8-7-9-17(14-16)21(23)22-19-12-5-6-13-20(19)25-18-10-3-2-4-11-18/h2-14H,15H2,1H3,(H,22,23). The lowest BCUT2D eigenvalue weighted by Crippen LogP contribution is -2.12. The van der Waals surface area contributed by atoms with Gasteiger partial charge >= 0.3 is 0 Å². The van der Waals surface area contributed by atoms with Gasteiger partial charge in [-0.15, -0.1) is 0 Å². The molecule has 1 amide bonds. The molecule has 0 saturated carbocycles. The van der Waals surface area contributed by atoms with Gasteiger partial charge in [-0.2, -0.15) is 0 Å². The van der Waals surface area contributed by atoms with Crippen molar-refractivity contribution in [3.05, 3.63) is 90.0 Å². The highest BCUT2D eigenvalue weighted by molar-refractivity contribution is 6.05. The Morgan fingerprint density at radius 1 is 0.920 bits per heavy atom. The minimum Gasteiger partial charge on any atom is -0.455 e. The molecule has 4 heteroatoms. The van der Waals surface area contributed by atoms with E-state index in [1.54, 1.807) is 13.2 Å². The lowest BCUT2D eigenvalue weighted by atomic mass is 10.1. The molecule has 25 heavy (non-hydrogen) atoms. The topological polar surface area (TPSA) is 47.6 Å². The fraction of sp³-hybridized carbons (Fsp3) is 0.0952. The van der Waals surface area contributed by atoms with Gasteiger partial charge in [0.2, 0.25) is 0 Å². The highest BCUT2D eigenvalue weighted by Crippen LogP contribution is 2.29. The maximum atomic E-state index is 12.6. The Kier molecular flexibility index (Phi) is 5.44. The fourth-order valence-electron chi connectivity index (χ4n) is 2.44. The maximum absolute atomic E-state index is 12.6. The van der Waals surface area contributed by atoms with Crippen LogP contribution in [0.2, 0.25) is 0 Å². The zero-order chi connectivity index (χ0) is 17.5. The van der Waals surface area contributed by atoms with Gasteiger partial charge in [-0.25, -0.2) is 0 Å². The average molecular weight is 333 g/mol. The molecule has 0 aromatic heterocycles. The van der Waals surface area contributed by atoms with Crippen molar-refractivity contribution in [1.29, 1.82) is 0 Å². The molecule has 4 nitrogen and oxygen atoms in total. The largest absolute Gasteiger partial charge is 0.455 e. The summed E-state index contributed by atoms with van der Waals surface area (Å²) in [6.07, 6.45) is 0. The Hall–Kier alpha value is -3.11. The zero-order valence-corrected chi connectivity index (χ0v) is 13.9. The van der Waals surface area contributed by atoms with E-state index in [1.165, 1.54) is 0 Å². The van der Waals surface area contributed by atoms with E-state index in [2.05, 4.69) is 5.32 Å². The molecule has 0 unspecified atom stereocenters. The molecule has 3 aromatic carbocycles. The van der Waals surface area contributed by atoms with Gasteiger partial charge < -0.3 is 14.8 Å². The lowest BCUT2D eigenvalue weighted by molar-refractivity contribution is 0.102. The number of ether oxygens (including phenoxy) is 2. The van der Waals surface area contributed by atoms with E-state index < -0.39 is 0 Å². The van der Waals surface area contributed by atoms with E-state index in [0.29, 0.717) is 29.4 Å². The van der Waals surface area contributed by atoms with Gasteiger partial charge in [0.25, 0.3) is 5.91 Å². The van der Waals surface area contributed by atoms with Gasteiger partial charge in [0.1, 0.15) is 5.75 Å². The van der Waals surface area contributed by atoms with Crippen molar-refractivity contribution in [1.82, 2.24) is 0 Å². The Morgan fingerprint density at radius 2 is 1.68 bits per heavy atom. The second kappa shape index (κ2) is 8.13. The first-order valence-electron chi connectivity index (χ1n) is 7.97. The number of amides is 1. The molecular formula is C21H19NO3. The molecule has 3 rings (SSSR count). The predicted molar refractivity (Wildman–Crippen MR) is 98.1 cm³/mol. The smallest absolute Gasteiger partial charge is 0.255 e. The van der Waals surface area contributed by atoms with Crippen LogP contribution in [-0.4, -0.2) is 13.0 Å². The molecule has 0 saturated heterocycles. The molecular weight excluding hydrogens is 314 g/mol. The van der Waals surface area contributed by atoms with Gasteiger partial charge in [0.15, 0.2) is 5.75 Å². The Balaban J connectivity index is 1.78. The Bertz CT molecular complexity index is 847. The van der Waals surface area contributed by atoms with Crippen LogP contribution in [0.25, 0.3) is 0 Å². The lowest BCUT2D eigenvalue weighted by Gasteiger charge is -2.12. The molecule has 0 aliphatic rings. The third-order valence-electron chi connectivity index (χ3n) is 3.61. The molecule has 0 fully saturated rings. The fourth-order valence-corrected chi connectivity index (χ4v) is 2.44. The monoisotopic (exact) mass is 333 g/mol. The van der Waals surface area contributed by atoms with Crippen molar-refractivity contribution < 1.29 is 14.3 Å². The van der Waals surface area contributed by atoms with Crippen LogP contribution >= 0.6 is 0 Å². The summed E-state index contributed by atoms with van der Waals surface area (Å²) in [5, 5.41) is 2.91. The summed E-state index contributed by atoms with van der Waals surface area (Å²) in [6.45, 7) is 0.467. The summed E-state index contributed by atoms with van der Waals surface area (Å²) in [5.41, 5.74) is 2.14. The number of para-hydroxylation sites is 3. The van der Waals surface area contributed by atoms with Gasteiger partial charge in [0.05, 0.1) is 12.3 Å². The summed E-state index contributed by atoms with van der Waals surface area (Å²) < 4.78 is 11.0. The molecule has 0 heterocycles. The van der Waals surface area contributed by atoms with Crippen molar-refractivity contribution in [3.8, 4) is 11.5 Å². The van der Waals surface area contributed by atoms with Crippen molar-refractivity contribution in [3.63, 3.8) is 0 Å². The number of nitrogens with one attached hydrogen (secondary N) is 1. The van der Waals surface area contributed by atoms with E-state index >= 15 is 0 Å². The molecule has 0 atom stereocenters. The van der Waals surface area contributed by atoms with Crippen molar-refractivity contribution >= 4 is 11.6 Å². The van der Waals surface area contributed by atoms with Crippen molar-refractivity contribution in [2.24, 2.45) is 0 Å². The maximum Gasteiger partial charge on any atom is 0.255 e. The van der Waals surface area contributed by atoms with Gasteiger partial charge in [-0.05, 0) is 42.0 Å². The molecule has 126 valence electrons. The van der Waals surface area contributed by atoms with Crippen LogP contribution < -0.4 is 10.1 Å². The van der Waals surface area contributed by atoms with Crippen molar-refractivity contribution in [2.45, 2.75) is 6.61 Å². The second-order valence-corrected chi connectivity index (χ2v) is 5.50. The summed E-state index contributed by atoms with van der Waals surface area (Å²) >= 11 is 0. The number of anilines is 1. The number of hydrogen-bond donors (Lipinski definition) is 1. The molecule has 0 bridgehead atoms. The van der Waals surface area contributed by atoms with Crippen LogP contribution in [0.15, 0.2) is 78.9 Å². The summed E-state index contributed by atoms with van der Waals surface area (Å²) in [4.78, 5) is 12.6. The molecule has 0 aliphatic carbocycles. The van der Waals surface area contributed by atoms with E-state index in [0.717, 1.165) is 5.56 Å². The minimum atomic E-state index is -0.193. The number of rotatable bonds is 6. The second-order valence-electron chi connectivity index (χ2n) is 5.50. The van der Waals surface area contributed by atoms with E-state index in [-0.39, 0.29) is 5.91 Å². The van der Waals surface area contributed by atoms with Crippen LogP contribution in [0.4, 0.5) is 5.69 Å². The summed E-state index contributed by atoms with van der Waals surface area (Å²) in [7, 11) is 1.63. The summed E-state index contributed by atoms with van der Waals surface area (Å²) in [5.74, 6) is 1.11. The number of benzene rings is 3. The minimum absolute atomic E-state index is 0.193. The average Bonchev–Trinajstić information content (AvgIpc) is 2.65. The van der Waals surface area contributed by atoms with Crippen LogP contribution in [-0.2, 0) is 11.3 Å². The number of hydrogen-bond acceptors (Lipinski definition) is 3. The zero-order valence-electron chi connectivity index (χ0n) is 13.9. The molecule has 0 spiro atoms. The number of carbonyl (C=O) groups excluding carboxylic acids is 1. The van der Waals surface area contributed by atoms with E-state index in [1.807, 2.05) is 72.8 Å². The normalized spacial score (nSPS) is 10.3. The van der Waals surface area contributed by atoms with Crippen LogP contribution in [0.3, 0.4) is 0 Å². The first kappa shape index (κ1) is 16.7. The van der Waals surface area contributed by atoms with Crippen LogP contribution in [0.5, 0.6) is 11.5 Å². The Morgan fingerprint density at radius 3 is 2.48 bits per heavy atom. The Labute approximate surface area is 147 Å². The first-order valence-corrected chi connectivity index (χ1v) is 7.97. The third-order valence-corrected chi connectivity index (χ3v) is 3.61. The van der Waals surface area contributed by atoms with Gasteiger partial charge in [0, 0.05) is 12.7 Å². The molecule has 1 N–H and O–H groups in total. The quantitative estimate of drug-likeness (QED) is 0.699. The van der Waals surface area contributed by atoms with E-state index in [9.17, 15) is 4.79 Å². The highest BCUT2D eigenvalue weighted by Gasteiger charge is 2.11. The van der Waals surface area contributed by atoms with Crippen molar-refractivity contribution in [2.75, 3.05) is 12.4 Å². The predicted octanol–water partition coefficient (Wildman–Crippen LogP) is 4.88. The summed E-state index contributed by atoms with van der Waals surface area (Å²) in [6, 6.07) is 24.2. The molecule has 3 aromatic rings. The first-order chi connectivity index (χ1) is 12.3. The number of carbonyl (C=O) groups is 1. The highest BCUT2D eigenvalue weighted by atomic mass is 16.5. The third kappa shape index (κ3) is 4.46. The van der Waals surface area contributed by atoms with Gasteiger partial charge in [-0.1, -0.05) is 42.5 Å². The number of methoxy groups -OCH3 is 1. The molecule has 0 aliphatic heterocycles. The van der Waals surface area contributed by atoms with Gasteiger partial charge in [-0.3, -0.25) is 4.79 Å².